The largest absolute Gasteiger partial charge is 0.376 e. The average Bonchev–Trinajstić information content (AvgIpc) is 2.90. The van der Waals surface area contributed by atoms with Crippen LogP contribution in [0.1, 0.15) is 16.0 Å². The molecule has 0 aliphatic carbocycles. The first-order chi connectivity index (χ1) is 9.15. The second kappa shape index (κ2) is 6.38. The fourth-order valence-electron chi connectivity index (χ4n) is 1.76. The van der Waals surface area contributed by atoms with Crippen LogP contribution in [0.15, 0.2) is 35.7 Å². The van der Waals surface area contributed by atoms with Crippen LogP contribution in [0, 0.1) is 13.8 Å². The van der Waals surface area contributed by atoms with Crippen molar-refractivity contribution in [3.05, 3.63) is 51.7 Å². The minimum atomic E-state index is 0.00862. The number of carbonyl (C=O) groups is 1. The van der Waals surface area contributed by atoms with E-state index < -0.39 is 0 Å². The number of hydrogen-bond acceptors (Lipinski definition) is 3. The number of amides is 1. The lowest BCUT2D eigenvalue weighted by Gasteiger charge is -2.10. The third-order valence-corrected chi connectivity index (χ3v) is 3.75. The minimum Gasteiger partial charge on any atom is -0.376 e. The predicted octanol–water partition coefficient (Wildman–Crippen LogP) is 3.09. The molecule has 0 saturated carbocycles. The van der Waals surface area contributed by atoms with E-state index in [1.807, 2.05) is 31.4 Å². The summed E-state index contributed by atoms with van der Waals surface area (Å²) in [5.74, 6) is 0.00862. The second-order valence-electron chi connectivity index (χ2n) is 4.53. The van der Waals surface area contributed by atoms with Crippen LogP contribution in [0.5, 0.6) is 0 Å². The second-order valence-corrected chi connectivity index (χ2v) is 5.56. The molecule has 0 fully saturated rings. The molecule has 0 spiro atoms. The fraction of sp³-hybridized carbons (Fsp3) is 0.267. The molecule has 0 atom stereocenters. The molecule has 0 radical (unpaired) electrons. The maximum atomic E-state index is 11.7. The van der Waals surface area contributed by atoms with Crippen LogP contribution >= 0.6 is 11.3 Å². The van der Waals surface area contributed by atoms with Gasteiger partial charge in [-0.1, -0.05) is 18.2 Å². The van der Waals surface area contributed by atoms with Crippen molar-refractivity contribution >= 4 is 22.9 Å². The van der Waals surface area contributed by atoms with E-state index in [0.717, 1.165) is 11.3 Å². The molecule has 3 nitrogen and oxygen atoms in total. The zero-order valence-electron chi connectivity index (χ0n) is 11.2. The smallest absolute Gasteiger partial charge is 0.239 e. The molecule has 0 bridgehead atoms. The molecule has 2 rings (SSSR count). The first kappa shape index (κ1) is 13.6. The summed E-state index contributed by atoms with van der Waals surface area (Å²) < 4.78 is 0. The van der Waals surface area contributed by atoms with Crippen molar-refractivity contribution in [3.8, 4) is 0 Å². The summed E-state index contributed by atoms with van der Waals surface area (Å²) in [6.07, 6.45) is 0. The Morgan fingerprint density at radius 2 is 2.11 bits per heavy atom. The third kappa shape index (κ3) is 4.10. The summed E-state index contributed by atoms with van der Waals surface area (Å²) in [6.45, 7) is 4.98. The van der Waals surface area contributed by atoms with Crippen LogP contribution in [-0.4, -0.2) is 12.5 Å². The van der Waals surface area contributed by atoms with Crippen LogP contribution in [0.4, 0.5) is 5.69 Å². The van der Waals surface area contributed by atoms with E-state index in [1.54, 1.807) is 11.3 Å². The molecule has 0 saturated heterocycles. The minimum absolute atomic E-state index is 0.00862. The lowest BCUT2D eigenvalue weighted by atomic mass is 10.1. The van der Waals surface area contributed by atoms with Gasteiger partial charge >= 0.3 is 0 Å². The van der Waals surface area contributed by atoms with Crippen LogP contribution in [0.3, 0.4) is 0 Å². The van der Waals surface area contributed by atoms with Crippen molar-refractivity contribution in [2.75, 3.05) is 11.9 Å². The van der Waals surface area contributed by atoms with Gasteiger partial charge in [0.05, 0.1) is 13.1 Å². The third-order valence-electron chi connectivity index (χ3n) is 2.87. The number of rotatable bonds is 5. The molecule has 0 aliphatic heterocycles. The SMILES string of the molecule is Cc1ccc(C)c(NCC(=O)NCc2cccs2)c1. The highest BCUT2D eigenvalue weighted by Gasteiger charge is 2.03. The van der Waals surface area contributed by atoms with Gasteiger partial charge in [-0.2, -0.15) is 0 Å². The van der Waals surface area contributed by atoms with Crippen LogP contribution < -0.4 is 10.6 Å². The highest BCUT2D eigenvalue weighted by atomic mass is 32.1. The Labute approximate surface area is 117 Å². The van der Waals surface area contributed by atoms with Gasteiger partial charge in [-0.15, -0.1) is 11.3 Å². The number of anilines is 1. The Kier molecular flexibility index (Phi) is 4.58. The van der Waals surface area contributed by atoms with Crippen molar-refractivity contribution in [3.63, 3.8) is 0 Å². The lowest BCUT2D eigenvalue weighted by Crippen LogP contribution is -2.29. The van der Waals surface area contributed by atoms with E-state index in [2.05, 4.69) is 28.8 Å². The van der Waals surface area contributed by atoms with E-state index in [4.69, 9.17) is 0 Å². The highest BCUT2D eigenvalue weighted by Crippen LogP contribution is 2.15. The summed E-state index contributed by atoms with van der Waals surface area (Å²) >= 11 is 1.65. The molecule has 1 amide bonds. The van der Waals surface area contributed by atoms with Gasteiger partial charge < -0.3 is 10.6 Å². The van der Waals surface area contributed by atoms with E-state index in [-0.39, 0.29) is 5.91 Å². The van der Waals surface area contributed by atoms with Crippen LogP contribution in [-0.2, 0) is 11.3 Å². The maximum Gasteiger partial charge on any atom is 0.239 e. The Morgan fingerprint density at radius 3 is 2.84 bits per heavy atom. The summed E-state index contributed by atoms with van der Waals surface area (Å²) in [5.41, 5.74) is 3.36. The quantitative estimate of drug-likeness (QED) is 0.879. The van der Waals surface area contributed by atoms with Crippen molar-refractivity contribution in [1.82, 2.24) is 5.32 Å². The van der Waals surface area contributed by atoms with Gasteiger partial charge in [0.1, 0.15) is 0 Å². The van der Waals surface area contributed by atoms with Crippen molar-refractivity contribution in [1.29, 1.82) is 0 Å². The lowest BCUT2D eigenvalue weighted by molar-refractivity contribution is -0.119. The van der Waals surface area contributed by atoms with Gasteiger partial charge in [0.15, 0.2) is 0 Å². The molecule has 4 heteroatoms. The molecule has 2 N–H and O–H groups in total. The fourth-order valence-corrected chi connectivity index (χ4v) is 2.41. The predicted molar refractivity (Wildman–Crippen MR) is 80.6 cm³/mol. The van der Waals surface area contributed by atoms with Gasteiger partial charge in [-0.05, 0) is 42.5 Å². The molecule has 1 heterocycles. The average molecular weight is 274 g/mol. The number of hydrogen-bond donors (Lipinski definition) is 2. The van der Waals surface area contributed by atoms with Crippen molar-refractivity contribution in [2.24, 2.45) is 0 Å². The van der Waals surface area contributed by atoms with Crippen molar-refractivity contribution in [2.45, 2.75) is 20.4 Å². The Morgan fingerprint density at radius 1 is 1.26 bits per heavy atom. The Balaban J connectivity index is 1.81. The van der Waals surface area contributed by atoms with E-state index in [1.165, 1.54) is 10.4 Å². The summed E-state index contributed by atoms with van der Waals surface area (Å²) in [6, 6.07) is 10.2. The number of nitrogens with one attached hydrogen (secondary N) is 2. The number of thiophene rings is 1. The zero-order valence-corrected chi connectivity index (χ0v) is 12.0. The molecule has 2 aromatic rings. The highest BCUT2D eigenvalue weighted by molar-refractivity contribution is 7.09. The van der Waals surface area contributed by atoms with Gasteiger partial charge in [0, 0.05) is 10.6 Å². The topological polar surface area (TPSA) is 41.1 Å². The monoisotopic (exact) mass is 274 g/mol. The summed E-state index contributed by atoms with van der Waals surface area (Å²) in [7, 11) is 0. The molecule has 19 heavy (non-hydrogen) atoms. The zero-order chi connectivity index (χ0) is 13.7. The van der Waals surface area contributed by atoms with Crippen LogP contribution in [0.2, 0.25) is 0 Å². The summed E-state index contributed by atoms with van der Waals surface area (Å²) in [5, 5.41) is 8.08. The molecule has 1 aromatic carbocycles. The number of carbonyl (C=O) groups excluding carboxylic acids is 1. The first-order valence-electron chi connectivity index (χ1n) is 6.25. The van der Waals surface area contributed by atoms with Gasteiger partial charge in [-0.25, -0.2) is 0 Å². The molecule has 0 aliphatic rings. The normalized spacial score (nSPS) is 10.2. The van der Waals surface area contributed by atoms with E-state index >= 15 is 0 Å². The Bertz CT molecular complexity index is 549. The Hall–Kier alpha value is -1.81. The molecule has 1 aromatic heterocycles. The standard InChI is InChI=1S/C15H18N2OS/c1-11-5-6-12(2)14(8-11)16-10-15(18)17-9-13-4-3-7-19-13/h3-8,16H,9-10H2,1-2H3,(H,17,18). The number of aryl methyl sites for hydroxylation is 2. The van der Waals surface area contributed by atoms with Gasteiger partial charge in [0.25, 0.3) is 0 Å². The van der Waals surface area contributed by atoms with Crippen LogP contribution in [0.25, 0.3) is 0 Å². The maximum absolute atomic E-state index is 11.7. The molecule has 100 valence electrons. The first-order valence-corrected chi connectivity index (χ1v) is 7.13. The molecular weight excluding hydrogens is 256 g/mol. The van der Waals surface area contributed by atoms with Gasteiger partial charge in [-0.3, -0.25) is 4.79 Å². The number of benzene rings is 1. The van der Waals surface area contributed by atoms with E-state index in [9.17, 15) is 4.79 Å². The van der Waals surface area contributed by atoms with E-state index in [0.29, 0.717) is 13.1 Å². The van der Waals surface area contributed by atoms with Crippen molar-refractivity contribution < 1.29 is 4.79 Å². The molecular formula is C15H18N2OS. The van der Waals surface area contributed by atoms with Gasteiger partial charge in [0.2, 0.25) is 5.91 Å². The molecule has 0 unspecified atom stereocenters. The summed E-state index contributed by atoms with van der Waals surface area (Å²) in [4.78, 5) is 12.9.